The molecule has 0 saturated heterocycles. The van der Waals surface area contributed by atoms with Crippen molar-refractivity contribution in [1.82, 2.24) is 24.9 Å². The lowest BCUT2D eigenvalue weighted by molar-refractivity contribution is -0.110. The molecule has 184 valence electrons. The van der Waals surface area contributed by atoms with Gasteiger partial charge in [0.1, 0.15) is 12.0 Å². The molecule has 1 fully saturated rings. The van der Waals surface area contributed by atoms with Crippen molar-refractivity contribution in [2.24, 2.45) is 13.0 Å². The molecule has 1 aliphatic carbocycles. The third kappa shape index (κ3) is 5.29. The van der Waals surface area contributed by atoms with Crippen LogP contribution in [0.4, 0.5) is 8.78 Å². The van der Waals surface area contributed by atoms with Gasteiger partial charge in [0.25, 0.3) is 0 Å². The van der Waals surface area contributed by atoms with Crippen LogP contribution in [0.1, 0.15) is 51.3 Å². The lowest BCUT2D eigenvalue weighted by atomic mass is 10.1. The van der Waals surface area contributed by atoms with Crippen molar-refractivity contribution in [3.8, 4) is 16.9 Å². The summed E-state index contributed by atoms with van der Waals surface area (Å²) in [6.07, 6.45) is 5.40. The number of aldehydes is 1. The molecule has 7 nitrogen and oxygen atoms in total. The van der Waals surface area contributed by atoms with Gasteiger partial charge >= 0.3 is 0 Å². The van der Waals surface area contributed by atoms with E-state index in [0.29, 0.717) is 13.0 Å². The Morgan fingerprint density at radius 1 is 1.32 bits per heavy atom. The number of aromatic nitrogens is 4. The molecular formula is C25H33F2N5O2. The molecule has 9 heteroatoms. The third-order valence-corrected chi connectivity index (χ3v) is 6.63. The van der Waals surface area contributed by atoms with Crippen molar-refractivity contribution in [3.63, 3.8) is 0 Å². The van der Waals surface area contributed by atoms with Crippen LogP contribution >= 0.6 is 0 Å². The zero-order valence-electron chi connectivity index (χ0n) is 20.2. The predicted molar refractivity (Wildman–Crippen MR) is 127 cm³/mol. The first kappa shape index (κ1) is 24.3. The number of ether oxygens (including phenoxy) is 1. The van der Waals surface area contributed by atoms with Crippen LogP contribution in [-0.2, 0) is 11.8 Å². The third-order valence-electron chi connectivity index (χ3n) is 6.63. The van der Waals surface area contributed by atoms with Gasteiger partial charge < -0.3 is 14.8 Å². The fraction of sp³-hybridized carbons (Fsp3) is 0.560. The molecule has 1 aliphatic rings. The van der Waals surface area contributed by atoms with Crippen molar-refractivity contribution in [2.45, 2.75) is 64.5 Å². The minimum absolute atomic E-state index is 0.0121. The number of fused-ring (bicyclic) bond motifs is 1. The van der Waals surface area contributed by atoms with Gasteiger partial charge in [0.15, 0.2) is 0 Å². The molecular weight excluding hydrogens is 440 g/mol. The first-order valence-electron chi connectivity index (χ1n) is 11.9. The molecule has 3 aromatic rings. The molecule has 0 amide bonds. The van der Waals surface area contributed by atoms with E-state index in [0.717, 1.165) is 52.7 Å². The Kier molecular flexibility index (Phi) is 7.02. The van der Waals surface area contributed by atoms with Gasteiger partial charge in [-0.2, -0.15) is 10.2 Å². The van der Waals surface area contributed by atoms with Crippen LogP contribution in [-0.4, -0.2) is 51.0 Å². The number of hydrogen-bond donors (Lipinski definition) is 1. The second-order valence-electron chi connectivity index (χ2n) is 9.57. The van der Waals surface area contributed by atoms with Crippen molar-refractivity contribution in [3.05, 3.63) is 30.2 Å². The first-order valence-corrected chi connectivity index (χ1v) is 11.9. The highest BCUT2D eigenvalue weighted by Crippen LogP contribution is 2.42. The van der Waals surface area contributed by atoms with Crippen LogP contribution < -0.4 is 10.1 Å². The van der Waals surface area contributed by atoms with Gasteiger partial charge in [-0.15, -0.1) is 0 Å². The SMILES string of the molecule is Cc1c2c(O[C@H](C)CCNC[C@H](C)C=O)cc(-c3cnn(C4CCC(F)(F)C4)c3)cc2nn1C. The maximum Gasteiger partial charge on any atom is 0.250 e. The van der Waals surface area contributed by atoms with Crippen LogP contribution in [0.2, 0.25) is 0 Å². The summed E-state index contributed by atoms with van der Waals surface area (Å²) in [7, 11) is 1.90. The Morgan fingerprint density at radius 3 is 2.82 bits per heavy atom. The summed E-state index contributed by atoms with van der Waals surface area (Å²) in [5.41, 5.74) is 3.56. The maximum atomic E-state index is 13.7. The van der Waals surface area contributed by atoms with E-state index in [4.69, 9.17) is 4.74 Å². The van der Waals surface area contributed by atoms with Gasteiger partial charge in [0.2, 0.25) is 5.92 Å². The quantitative estimate of drug-likeness (QED) is 0.342. The average molecular weight is 474 g/mol. The number of nitrogens with one attached hydrogen (secondary N) is 1. The number of aryl methyl sites for hydroxylation is 2. The number of halogens is 2. The standard InChI is InChI=1S/C25H33F2N5O2/c1-16(15-33)12-28-8-6-17(2)34-23-10-19(9-22-24(23)18(3)31(4)30-22)20-13-29-32(14-20)21-5-7-25(26,27)11-21/h9-10,13-17,21,28H,5-8,11-12H2,1-4H3/t16-,17+,21?/m0/s1. The van der Waals surface area contributed by atoms with E-state index >= 15 is 0 Å². The van der Waals surface area contributed by atoms with Crippen LogP contribution in [0.3, 0.4) is 0 Å². The fourth-order valence-electron chi connectivity index (χ4n) is 4.50. The number of carbonyl (C=O) groups excluding carboxylic acids is 1. The van der Waals surface area contributed by atoms with E-state index in [1.165, 1.54) is 0 Å². The molecule has 2 heterocycles. The van der Waals surface area contributed by atoms with Crippen molar-refractivity contribution in [2.75, 3.05) is 13.1 Å². The summed E-state index contributed by atoms with van der Waals surface area (Å²) < 4.78 is 37.2. The van der Waals surface area contributed by atoms with Gasteiger partial charge in [0, 0.05) is 49.8 Å². The minimum atomic E-state index is -2.61. The molecule has 1 unspecified atom stereocenters. The molecule has 4 rings (SSSR count). The van der Waals surface area contributed by atoms with E-state index in [9.17, 15) is 13.6 Å². The van der Waals surface area contributed by atoms with E-state index in [1.807, 2.05) is 50.8 Å². The summed E-state index contributed by atoms with van der Waals surface area (Å²) in [5.74, 6) is -1.88. The smallest absolute Gasteiger partial charge is 0.250 e. The van der Waals surface area contributed by atoms with E-state index in [-0.39, 0.29) is 30.9 Å². The Hall–Kier alpha value is -2.81. The molecule has 1 N–H and O–H groups in total. The largest absolute Gasteiger partial charge is 0.490 e. The molecule has 0 aliphatic heterocycles. The fourth-order valence-corrected chi connectivity index (χ4v) is 4.50. The summed E-state index contributed by atoms with van der Waals surface area (Å²) >= 11 is 0. The zero-order chi connectivity index (χ0) is 24.5. The van der Waals surface area contributed by atoms with Crippen molar-refractivity contribution >= 4 is 17.2 Å². The van der Waals surface area contributed by atoms with Crippen LogP contribution in [0.15, 0.2) is 24.5 Å². The summed E-state index contributed by atoms with van der Waals surface area (Å²) in [4.78, 5) is 10.8. The van der Waals surface area contributed by atoms with Crippen LogP contribution in [0.5, 0.6) is 5.75 Å². The summed E-state index contributed by atoms with van der Waals surface area (Å²) in [6, 6.07) is 3.70. The van der Waals surface area contributed by atoms with E-state index < -0.39 is 5.92 Å². The number of carbonyl (C=O) groups is 1. The van der Waals surface area contributed by atoms with Gasteiger partial charge in [-0.3, -0.25) is 9.36 Å². The highest BCUT2D eigenvalue weighted by atomic mass is 19.3. The molecule has 0 spiro atoms. The monoisotopic (exact) mass is 473 g/mol. The molecule has 1 saturated carbocycles. The average Bonchev–Trinajstić information content (AvgIpc) is 3.48. The second-order valence-corrected chi connectivity index (χ2v) is 9.57. The van der Waals surface area contributed by atoms with Gasteiger partial charge in [-0.25, -0.2) is 8.78 Å². The van der Waals surface area contributed by atoms with E-state index in [2.05, 4.69) is 15.5 Å². The topological polar surface area (TPSA) is 74.0 Å². The van der Waals surface area contributed by atoms with Gasteiger partial charge in [0.05, 0.1) is 29.2 Å². The number of hydrogen-bond acceptors (Lipinski definition) is 5. The highest BCUT2D eigenvalue weighted by Gasteiger charge is 2.40. The molecule has 2 aromatic heterocycles. The molecule has 3 atom stereocenters. The number of benzene rings is 1. The summed E-state index contributed by atoms with van der Waals surface area (Å²) in [6.45, 7) is 7.30. The molecule has 0 bridgehead atoms. The van der Waals surface area contributed by atoms with Crippen molar-refractivity contribution in [1.29, 1.82) is 0 Å². The molecule has 34 heavy (non-hydrogen) atoms. The van der Waals surface area contributed by atoms with Gasteiger partial charge in [-0.05, 0) is 50.9 Å². The normalized spacial score (nSPS) is 19.4. The Balaban J connectivity index is 1.55. The Morgan fingerprint density at radius 2 is 2.12 bits per heavy atom. The molecule has 1 aromatic carbocycles. The maximum absolute atomic E-state index is 13.7. The summed E-state index contributed by atoms with van der Waals surface area (Å²) in [5, 5.41) is 13.3. The predicted octanol–water partition coefficient (Wildman–Crippen LogP) is 4.69. The lowest BCUT2D eigenvalue weighted by Gasteiger charge is -2.17. The number of alkyl halides is 2. The van der Waals surface area contributed by atoms with E-state index in [1.54, 1.807) is 10.9 Å². The van der Waals surface area contributed by atoms with Crippen molar-refractivity contribution < 1.29 is 18.3 Å². The van der Waals surface area contributed by atoms with Crippen LogP contribution in [0.25, 0.3) is 22.0 Å². The van der Waals surface area contributed by atoms with Crippen LogP contribution in [0, 0.1) is 12.8 Å². The number of rotatable bonds is 10. The highest BCUT2D eigenvalue weighted by molar-refractivity contribution is 5.92. The minimum Gasteiger partial charge on any atom is -0.490 e. The second kappa shape index (κ2) is 9.82. The first-order chi connectivity index (χ1) is 16.2. The number of nitrogens with zero attached hydrogens (tertiary/aromatic N) is 4. The Bertz CT molecular complexity index is 1160. The molecule has 0 radical (unpaired) electrons. The lowest BCUT2D eigenvalue weighted by Crippen LogP contribution is -2.26. The zero-order valence-corrected chi connectivity index (χ0v) is 20.2. The van der Waals surface area contributed by atoms with Gasteiger partial charge in [-0.1, -0.05) is 6.92 Å². The Labute approximate surface area is 198 Å².